The molecule has 0 fully saturated rings. The van der Waals surface area contributed by atoms with E-state index < -0.39 is 28.5 Å². The van der Waals surface area contributed by atoms with E-state index in [0.717, 1.165) is 21.7 Å². The second-order valence-corrected chi connectivity index (χ2v) is 10.1. The summed E-state index contributed by atoms with van der Waals surface area (Å²) in [4.78, 5) is 27.3. The summed E-state index contributed by atoms with van der Waals surface area (Å²) < 4.78 is 26.0. The van der Waals surface area contributed by atoms with Crippen molar-refractivity contribution in [2.45, 2.75) is 32.9 Å². The van der Waals surface area contributed by atoms with Gasteiger partial charge in [0.15, 0.2) is 0 Å². The molecule has 0 saturated carbocycles. The fourth-order valence-electron chi connectivity index (χ4n) is 3.23. The number of anilines is 1. The maximum absolute atomic E-state index is 13.4. The van der Waals surface area contributed by atoms with Gasteiger partial charge in [-0.15, -0.1) is 0 Å². The molecule has 0 unspecified atom stereocenters. The summed E-state index contributed by atoms with van der Waals surface area (Å²) in [5.74, 6) is -0.842. The van der Waals surface area contributed by atoms with Gasteiger partial charge in [-0.05, 0) is 37.1 Å². The fraction of sp³-hybridized carbons (Fsp3) is 0.364. The summed E-state index contributed by atoms with van der Waals surface area (Å²) in [7, 11) is -2.33. The number of sulfonamides is 1. The molecule has 2 aromatic rings. The Morgan fingerprint density at radius 1 is 1.06 bits per heavy atom. The summed E-state index contributed by atoms with van der Waals surface area (Å²) >= 11 is 12.0. The summed E-state index contributed by atoms with van der Waals surface area (Å²) in [6.07, 6.45) is 1.37. The van der Waals surface area contributed by atoms with E-state index in [1.165, 1.54) is 30.1 Å². The molecule has 0 aliphatic heterocycles. The zero-order chi connectivity index (χ0) is 24.1. The third-order valence-corrected chi connectivity index (χ3v) is 6.86. The quantitative estimate of drug-likeness (QED) is 0.570. The van der Waals surface area contributed by atoms with E-state index in [1.54, 1.807) is 6.92 Å². The number of halogens is 2. The van der Waals surface area contributed by atoms with Crippen LogP contribution in [0.15, 0.2) is 42.5 Å². The standard InChI is InChI=1S/C22H27Cl2N3O4S/c1-5-20(22(29)25-3)26(13-16-8-6-15(2)7-9-16)21(28)14-27(32(4,30)31)17-10-11-18(23)19(24)12-17/h6-12,20H,5,13-14H2,1-4H3,(H,25,29)/t20-/m0/s1. The molecule has 10 heteroatoms. The lowest BCUT2D eigenvalue weighted by Crippen LogP contribution is -2.51. The Labute approximate surface area is 199 Å². The van der Waals surface area contributed by atoms with Gasteiger partial charge in [0, 0.05) is 13.6 Å². The van der Waals surface area contributed by atoms with E-state index >= 15 is 0 Å². The van der Waals surface area contributed by atoms with Gasteiger partial charge < -0.3 is 10.2 Å². The molecule has 0 radical (unpaired) electrons. The highest BCUT2D eigenvalue weighted by atomic mass is 35.5. The van der Waals surface area contributed by atoms with Crippen molar-refractivity contribution < 1.29 is 18.0 Å². The Balaban J connectivity index is 2.43. The summed E-state index contributed by atoms with van der Waals surface area (Å²) in [6, 6.07) is 11.1. The lowest BCUT2D eigenvalue weighted by Gasteiger charge is -2.32. The molecule has 7 nitrogen and oxygen atoms in total. The van der Waals surface area contributed by atoms with Crippen LogP contribution in [0.5, 0.6) is 0 Å². The first kappa shape index (κ1) is 26.0. The van der Waals surface area contributed by atoms with Gasteiger partial charge in [-0.3, -0.25) is 13.9 Å². The number of rotatable bonds is 9. The molecule has 0 bridgehead atoms. The molecule has 32 heavy (non-hydrogen) atoms. The van der Waals surface area contributed by atoms with Crippen LogP contribution in [0.3, 0.4) is 0 Å². The Morgan fingerprint density at radius 3 is 2.19 bits per heavy atom. The van der Waals surface area contributed by atoms with Crippen LogP contribution in [0.1, 0.15) is 24.5 Å². The van der Waals surface area contributed by atoms with Crippen molar-refractivity contribution in [1.29, 1.82) is 0 Å². The van der Waals surface area contributed by atoms with E-state index in [2.05, 4.69) is 5.32 Å². The normalized spacial score (nSPS) is 12.2. The zero-order valence-corrected chi connectivity index (χ0v) is 20.8. The van der Waals surface area contributed by atoms with Gasteiger partial charge in [0.05, 0.1) is 22.0 Å². The maximum Gasteiger partial charge on any atom is 0.244 e. The smallest absolute Gasteiger partial charge is 0.244 e. The number of likely N-dealkylation sites (N-methyl/N-ethyl adjacent to an activating group) is 1. The molecular formula is C22H27Cl2N3O4S. The molecule has 2 amide bonds. The summed E-state index contributed by atoms with van der Waals surface area (Å²) in [6.45, 7) is 3.41. The van der Waals surface area contributed by atoms with Gasteiger partial charge in [-0.25, -0.2) is 8.42 Å². The first-order valence-corrected chi connectivity index (χ1v) is 12.6. The van der Waals surface area contributed by atoms with E-state index in [9.17, 15) is 18.0 Å². The van der Waals surface area contributed by atoms with Crippen LogP contribution < -0.4 is 9.62 Å². The Morgan fingerprint density at radius 2 is 1.69 bits per heavy atom. The lowest BCUT2D eigenvalue weighted by molar-refractivity contribution is -0.140. The van der Waals surface area contributed by atoms with Crippen molar-refractivity contribution in [2.75, 3.05) is 24.2 Å². The molecule has 1 N–H and O–H groups in total. The molecule has 0 saturated heterocycles. The van der Waals surface area contributed by atoms with Crippen molar-refractivity contribution >= 4 is 50.7 Å². The van der Waals surface area contributed by atoms with E-state index in [4.69, 9.17) is 23.2 Å². The first-order chi connectivity index (χ1) is 15.0. The van der Waals surface area contributed by atoms with Crippen molar-refractivity contribution in [3.05, 3.63) is 63.6 Å². The van der Waals surface area contributed by atoms with Crippen LogP contribution in [0, 0.1) is 6.92 Å². The summed E-state index contributed by atoms with van der Waals surface area (Å²) in [5, 5.41) is 3.01. The van der Waals surface area contributed by atoms with Gasteiger partial charge in [0.1, 0.15) is 12.6 Å². The molecule has 1 atom stereocenters. The number of hydrogen-bond donors (Lipinski definition) is 1. The number of benzene rings is 2. The van der Waals surface area contributed by atoms with Crippen molar-refractivity contribution in [3.8, 4) is 0 Å². The molecular weight excluding hydrogens is 473 g/mol. The second kappa shape index (κ2) is 11.0. The molecule has 0 heterocycles. The topological polar surface area (TPSA) is 86.8 Å². The van der Waals surface area contributed by atoms with Gasteiger partial charge in [-0.1, -0.05) is 60.0 Å². The van der Waals surface area contributed by atoms with Gasteiger partial charge in [0.25, 0.3) is 0 Å². The number of hydrogen-bond acceptors (Lipinski definition) is 4. The van der Waals surface area contributed by atoms with Gasteiger partial charge in [0.2, 0.25) is 21.8 Å². The van der Waals surface area contributed by atoms with E-state index in [1.807, 2.05) is 31.2 Å². The number of carbonyl (C=O) groups excluding carboxylic acids is 2. The third kappa shape index (κ3) is 6.60. The van der Waals surface area contributed by atoms with Crippen LogP contribution in [0.25, 0.3) is 0 Å². The third-order valence-electron chi connectivity index (χ3n) is 4.98. The number of nitrogens with one attached hydrogen (secondary N) is 1. The van der Waals surface area contributed by atoms with Gasteiger partial charge >= 0.3 is 0 Å². The molecule has 0 aromatic heterocycles. The molecule has 2 aromatic carbocycles. The largest absolute Gasteiger partial charge is 0.357 e. The minimum Gasteiger partial charge on any atom is -0.357 e. The van der Waals surface area contributed by atoms with Gasteiger partial charge in [-0.2, -0.15) is 0 Å². The molecule has 0 spiro atoms. The number of nitrogens with zero attached hydrogens (tertiary/aromatic N) is 2. The fourth-order valence-corrected chi connectivity index (χ4v) is 4.36. The average molecular weight is 500 g/mol. The second-order valence-electron chi connectivity index (χ2n) is 7.41. The Kier molecular flexibility index (Phi) is 8.95. The van der Waals surface area contributed by atoms with Crippen LogP contribution in [-0.2, 0) is 26.2 Å². The maximum atomic E-state index is 13.4. The molecule has 0 aliphatic rings. The lowest BCUT2D eigenvalue weighted by atomic mass is 10.1. The molecule has 2 rings (SSSR count). The predicted octanol–water partition coefficient (Wildman–Crippen LogP) is 3.62. The molecule has 0 aliphatic carbocycles. The first-order valence-electron chi connectivity index (χ1n) is 9.97. The van der Waals surface area contributed by atoms with Crippen LogP contribution in [0.2, 0.25) is 10.0 Å². The monoisotopic (exact) mass is 499 g/mol. The molecule has 174 valence electrons. The predicted molar refractivity (Wildman–Crippen MR) is 129 cm³/mol. The number of aryl methyl sites for hydroxylation is 1. The van der Waals surface area contributed by atoms with Crippen molar-refractivity contribution in [1.82, 2.24) is 10.2 Å². The van der Waals surface area contributed by atoms with E-state index in [-0.39, 0.29) is 28.2 Å². The number of carbonyl (C=O) groups is 2. The summed E-state index contributed by atoms with van der Waals surface area (Å²) in [5.41, 5.74) is 2.10. The zero-order valence-electron chi connectivity index (χ0n) is 18.4. The SMILES string of the molecule is CC[C@@H](C(=O)NC)N(Cc1ccc(C)cc1)C(=O)CN(c1ccc(Cl)c(Cl)c1)S(C)(=O)=O. The van der Waals surface area contributed by atoms with Crippen molar-refractivity contribution in [3.63, 3.8) is 0 Å². The van der Waals surface area contributed by atoms with Crippen LogP contribution in [-0.4, -0.2) is 51.0 Å². The minimum atomic E-state index is -3.83. The highest BCUT2D eigenvalue weighted by Crippen LogP contribution is 2.28. The average Bonchev–Trinajstić information content (AvgIpc) is 2.74. The Bertz CT molecular complexity index is 1080. The van der Waals surface area contributed by atoms with Crippen LogP contribution in [0.4, 0.5) is 5.69 Å². The minimum absolute atomic E-state index is 0.157. The highest BCUT2D eigenvalue weighted by Gasteiger charge is 2.31. The number of amides is 2. The van der Waals surface area contributed by atoms with Crippen LogP contribution >= 0.6 is 23.2 Å². The van der Waals surface area contributed by atoms with Crippen molar-refractivity contribution in [2.24, 2.45) is 0 Å². The Hall–Kier alpha value is -2.29. The van der Waals surface area contributed by atoms with E-state index in [0.29, 0.717) is 6.42 Å². The highest BCUT2D eigenvalue weighted by molar-refractivity contribution is 7.92.